The lowest BCUT2D eigenvalue weighted by Crippen LogP contribution is -1.98. The predicted molar refractivity (Wildman–Crippen MR) is 50.2 cm³/mol. The number of hydrogen-bond acceptors (Lipinski definition) is 1. The summed E-state index contributed by atoms with van der Waals surface area (Å²) in [5.74, 6) is -0.510. The van der Waals surface area contributed by atoms with Gasteiger partial charge in [-0.15, -0.1) is 0 Å². The highest BCUT2D eigenvalue weighted by atomic mass is 35.5. The molecule has 0 unspecified atom stereocenters. The second kappa shape index (κ2) is 3.76. The second-order valence-electron chi connectivity index (χ2n) is 3.09. The molecular weight excluding hydrogens is 189 g/mol. The highest BCUT2D eigenvalue weighted by Gasteiger charge is 2.14. The van der Waals surface area contributed by atoms with E-state index in [0.717, 1.165) is 0 Å². The Morgan fingerprint density at radius 2 is 2.08 bits per heavy atom. The van der Waals surface area contributed by atoms with E-state index in [1.807, 2.05) is 19.9 Å². The number of hydrogen-bond donors (Lipinski definition) is 0. The van der Waals surface area contributed by atoms with Crippen molar-refractivity contribution in [3.05, 3.63) is 34.1 Å². The third kappa shape index (κ3) is 1.81. The maximum Gasteiger partial charge on any atom is 0.146 e. The Labute approximate surface area is 81.8 Å². The summed E-state index contributed by atoms with van der Waals surface area (Å²) in [4.78, 5) is 0. The van der Waals surface area contributed by atoms with Crippen LogP contribution in [0.15, 0.2) is 12.1 Å². The molecule has 0 bridgehead atoms. The highest BCUT2D eigenvalue weighted by molar-refractivity contribution is 6.30. The fourth-order valence-corrected chi connectivity index (χ4v) is 1.39. The van der Waals surface area contributed by atoms with Gasteiger partial charge in [0.05, 0.1) is 16.7 Å². The lowest BCUT2D eigenvalue weighted by atomic mass is 9.97. The Balaban J connectivity index is 3.43. The number of rotatable bonds is 1. The Morgan fingerprint density at radius 3 is 2.54 bits per heavy atom. The van der Waals surface area contributed by atoms with Gasteiger partial charge in [-0.05, 0) is 18.1 Å². The molecule has 0 fully saturated rings. The molecule has 1 rings (SSSR count). The minimum absolute atomic E-state index is 0.0339. The largest absolute Gasteiger partial charge is 0.205 e. The summed E-state index contributed by atoms with van der Waals surface area (Å²) >= 11 is 5.60. The monoisotopic (exact) mass is 197 g/mol. The first kappa shape index (κ1) is 10.0. The van der Waals surface area contributed by atoms with Crippen LogP contribution in [0.25, 0.3) is 0 Å². The van der Waals surface area contributed by atoms with Gasteiger partial charge in [0.15, 0.2) is 0 Å². The van der Waals surface area contributed by atoms with Crippen LogP contribution in [-0.2, 0) is 0 Å². The minimum atomic E-state index is -0.476. The average molecular weight is 198 g/mol. The molecule has 0 N–H and O–H groups in total. The van der Waals surface area contributed by atoms with E-state index in [9.17, 15) is 4.39 Å². The Morgan fingerprint density at radius 1 is 1.46 bits per heavy atom. The molecule has 1 aromatic carbocycles. The predicted octanol–water partition coefficient (Wildman–Crippen LogP) is 3.47. The first-order valence-corrected chi connectivity index (χ1v) is 4.33. The Kier molecular flexibility index (Phi) is 2.90. The van der Waals surface area contributed by atoms with Gasteiger partial charge in [-0.3, -0.25) is 0 Å². The Hall–Kier alpha value is -1.07. The summed E-state index contributed by atoms with van der Waals surface area (Å²) in [5, 5.41) is 8.79. The molecule has 0 aliphatic heterocycles. The molecule has 3 heteroatoms. The molecule has 0 atom stereocenters. The molecule has 0 radical (unpaired) electrons. The first-order chi connectivity index (χ1) is 6.07. The van der Waals surface area contributed by atoms with Crippen LogP contribution in [0.1, 0.15) is 30.9 Å². The fourth-order valence-electron chi connectivity index (χ4n) is 1.23. The number of nitrogens with zero attached hydrogens (tertiary/aromatic N) is 1. The quantitative estimate of drug-likeness (QED) is 0.676. The molecule has 1 nitrogen and oxygen atoms in total. The maximum absolute atomic E-state index is 13.4. The lowest BCUT2D eigenvalue weighted by molar-refractivity contribution is 0.598. The van der Waals surface area contributed by atoms with Gasteiger partial charge in [0.25, 0.3) is 0 Å². The summed E-state index contributed by atoms with van der Waals surface area (Å²) in [6.45, 7) is 3.66. The smallest absolute Gasteiger partial charge is 0.146 e. The zero-order valence-electron chi connectivity index (χ0n) is 7.44. The van der Waals surface area contributed by atoms with Crippen molar-refractivity contribution in [3.8, 4) is 6.07 Å². The summed E-state index contributed by atoms with van der Waals surface area (Å²) in [6.07, 6.45) is 0. The number of benzene rings is 1. The van der Waals surface area contributed by atoms with Crippen LogP contribution < -0.4 is 0 Å². The van der Waals surface area contributed by atoms with E-state index in [1.165, 1.54) is 6.07 Å². The normalized spacial score (nSPS) is 10.2. The van der Waals surface area contributed by atoms with Crippen molar-refractivity contribution in [2.75, 3.05) is 0 Å². The van der Waals surface area contributed by atoms with Crippen LogP contribution in [0.4, 0.5) is 4.39 Å². The van der Waals surface area contributed by atoms with E-state index in [4.69, 9.17) is 16.9 Å². The van der Waals surface area contributed by atoms with Crippen LogP contribution in [0.3, 0.4) is 0 Å². The van der Waals surface area contributed by atoms with Gasteiger partial charge in [0, 0.05) is 5.56 Å². The molecule has 0 heterocycles. The number of halogens is 2. The molecule has 0 spiro atoms. The standard InChI is InChI=1S/C10H9ClFN/c1-6(2)9-7(5-13)3-4-8(11)10(9)12/h3-4,6H,1-2H3. The fraction of sp³-hybridized carbons (Fsp3) is 0.300. The van der Waals surface area contributed by atoms with Gasteiger partial charge in [-0.1, -0.05) is 25.4 Å². The van der Waals surface area contributed by atoms with Gasteiger partial charge >= 0.3 is 0 Å². The zero-order valence-corrected chi connectivity index (χ0v) is 8.19. The van der Waals surface area contributed by atoms with Gasteiger partial charge in [-0.2, -0.15) is 5.26 Å². The second-order valence-corrected chi connectivity index (χ2v) is 3.50. The number of nitriles is 1. The van der Waals surface area contributed by atoms with E-state index < -0.39 is 5.82 Å². The lowest BCUT2D eigenvalue weighted by Gasteiger charge is -2.09. The van der Waals surface area contributed by atoms with Crippen molar-refractivity contribution in [2.24, 2.45) is 0 Å². The highest BCUT2D eigenvalue weighted by Crippen LogP contribution is 2.27. The summed E-state index contributed by atoms with van der Waals surface area (Å²) in [6, 6.07) is 4.89. The van der Waals surface area contributed by atoms with Gasteiger partial charge in [0.1, 0.15) is 5.82 Å². The van der Waals surface area contributed by atoms with E-state index in [-0.39, 0.29) is 10.9 Å². The molecule has 1 aromatic rings. The summed E-state index contributed by atoms with van der Waals surface area (Å²) < 4.78 is 13.4. The van der Waals surface area contributed by atoms with Crippen molar-refractivity contribution in [1.82, 2.24) is 0 Å². The van der Waals surface area contributed by atoms with Crippen molar-refractivity contribution >= 4 is 11.6 Å². The van der Waals surface area contributed by atoms with Gasteiger partial charge in [0.2, 0.25) is 0 Å². The Bertz CT molecular complexity index is 366. The zero-order chi connectivity index (χ0) is 10.0. The summed E-state index contributed by atoms with van der Waals surface area (Å²) in [7, 11) is 0. The van der Waals surface area contributed by atoms with Crippen molar-refractivity contribution in [3.63, 3.8) is 0 Å². The molecule has 0 aliphatic rings. The van der Waals surface area contributed by atoms with Crippen LogP contribution >= 0.6 is 11.6 Å². The molecule has 68 valence electrons. The van der Waals surface area contributed by atoms with Crippen LogP contribution in [0.5, 0.6) is 0 Å². The third-order valence-electron chi connectivity index (χ3n) is 1.83. The van der Waals surface area contributed by atoms with Crippen molar-refractivity contribution < 1.29 is 4.39 Å². The van der Waals surface area contributed by atoms with E-state index in [2.05, 4.69) is 0 Å². The topological polar surface area (TPSA) is 23.8 Å². The van der Waals surface area contributed by atoms with Gasteiger partial charge in [-0.25, -0.2) is 4.39 Å². The third-order valence-corrected chi connectivity index (χ3v) is 2.12. The van der Waals surface area contributed by atoms with Crippen molar-refractivity contribution in [1.29, 1.82) is 5.26 Å². The van der Waals surface area contributed by atoms with E-state index in [1.54, 1.807) is 6.07 Å². The first-order valence-electron chi connectivity index (χ1n) is 3.96. The van der Waals surface area contributed by atoms with Crippen LogP contribution in [0, 0.1) is 17.1 Å². The SMILES string of the molecule is CC(C)c1c(C#N)ccc(Cl)c1F. The maximum atomic E-state index is 13.4. The van der Waals surface area contributed by atoms with Crippen LogP contribution in [0.2, 0.25) is 5.02 Å². The molecule has 0 amide bonds. The van der Waals surface area contributed by atoms with E-state index in [0.29, 0.717) is 11.1 Å². The molecule has 0 aromatic heterocycles. The molecule has 0 aliphatic carbocycles. The summed E-state index contributed by atoms with van der Waals surface area (Å²) in [5.41, 5.74) is 0.756. The molecule has 0 saturated carbocycles. The molecule has 13 heavy (non-hydrogen) atoms. The van der Waals surface area contributed by atoms with E-state index >= 15 is 0 Å². The van der Waals surface area contributed by atoms with Gasteiger partial charge < -0.3 is 0 Å². The van der Waals surface area contributed by atoms with Crippen LogP contribution in [-0.4, -0.2) is 0 Å². The molecular formula is C10H9ClFN. The van der Waals surface area contributed by atoms with Crippen molar-refractivity contribution in [2.45, 2.75) is 19.8 Å². The molecule has 0 saturated heterocycles. The minimum Gasteiger partial charge on any atom is -0.205 e. The average Bonchev–Trinajstić information content (AvgIpc) is 2.08.